The maximum Gasteiger partial charge on any atom is 0.280 e. The zero-order chi connectivity index (χ0) is 21.4. The summed E-state index contributed by atoms with van der Waals surface area (Å²) in [5, 5.41) is 12.2. The van der Waals surface area contributed by atoms with E-state index in [1.54, 1.807) is 15.8 Å². The molecule has 1 aliphatic rings. The number of amides is 1. The Morgan fingerprint density at radius 2 is 1.94 bits per heavy atom. The molecule has 31 heavy (non-hydrogen) atoms. The maximum atomic E-state index is 13.5. The average Bonchev–Trinajstić information content (AvgIpc) is 3.55. The molecule has 0 aliphatic carbocycles. The van der Waals surface area contributed by atoms with Gasteiger partial charge in [0.2, 0.25) is 5.82 Å². The fraction of sp³-hybridized carbons (Fsp3) is 0.190. The van der Waals surface area contributed by atoms with Crippen LogP contribution in [0.5, 0.6) is 0 Å². The second-order valence-corrected chi connectivity index (χ2v) is 7.20. The number of nitrogens with zero attached hydrogens (tertiary/aromatic N) is 6. The van der Waals surface area contributed by atoms with E-state index in [2.05, 4.69) is 20.5 Å². The summed E-state index contributed by atoms with van der Waals surface area (Å²) in [7, 11) is 0. The normalized spacial score (nSPS) is 16.1. The molecule has 1 unspecified atom stereocenters. The maximum absolute atomic E-state index is 13.5. The first-order valence-corrected chi connectivity index (χ1v) is 9.64. The summed E-state index contributed by atoms with van der Waals surface area (Å²) in [5.41, 5.74) is 1.37. The SMILES string of the molecule is O=C(c1ccc(F)c(F)c1)N1CCC(n2cc(-c3nc(-c4ccccc4)no3)nn2)C1. The molecule has 1 atom stereocenters. The first kappa shape index (κ1) is 19.0. The Hall–Kier alpha value is -3.95. The molecule has 0 bridgehead atoms. The monoisotopic (exact) mass is 422 g/mol. The van der Waals surface area contributed by atoms with Gasteiger partial charge in [0.05, 0.1) is 12.2 Å². The van der Waals surface area contributed by atoms with Crippen molar-refractivity contribution < 1.29 is 18.1 Å². The molecular formula is C21H16F2N6O2. The minimum absolute atomic E-state index is 0.105. The smallest absolute Gasteiger partial charge is 0.280 e. The van der Waals surface area contributed by atoms with E-state index in [-0.39, 0.29) is 23.4 Å². The van der Waals surface area contributed by atoms with E-state index < -0.39 is 11.6 Å². The molecule has 5 rings (SSSR count). The zero-order valence-corrected chi connectivity index (χ0v) is 16.2. The van der Waals surface area contributed by atoms with Crippen LogP contribution in [0, 0.1) is 11.6 Å². The van der Waals surface area contributed by atoms with E-state index >= 15 is 0 Å². The van der Waals surface area contributed by atoms with Crippen LogP contribution in [0.1, 0.15) is 22.8 Å². The fourth-order valence-corrected chi connectivity index (χ4v) is 3.54. The molecule has 1 fully saturated rings. The summed E-state index contributed by atoms with van der Waals surface area (Å²) in [6.45, 7) is 0.843. The van der Waals surface area contributed by atoms with E-state index in [1.165, 1.54) is 6.07 Å². The largest absolute Gasteiger partial charge is 0.336 e. The van der Waals surface area contributed by atoms with Gasteiger partial charge < -0.3 is 9.42 Å². The number of rotatable bonds is 4. The van der Waals surface area contributed by atoms with Gasteiger partial charge in [0.15, 0.2) is 17.3 Å². The number of carbonyl (C=O) groups is 1. The van der Waals surface area contributed by atoms with Crippen molar-refractivity contribution in [1.29, 1.82) is 0 Å². The van der Waals surface area contributed by atoms with Crippen molar-refractivity contribution in [3.63, 3.8) is 0 Å². The minimum Gasteiger partial charge on any atom is -0.336 e. The number of hydrogen-bond donors (Lipinski definition) is 0. The molecule has 1 saturated heterocycles. The van der Waals surface area contributed by atoms with Crippen LogP contribution in [0.2, 0.25) is 0 Å². The van der Waals surface area contributed by atoms with Gasteiger partial charge in [-0.15, -0.1) is 5.10 Å². The number of carbonyl (C=O) groups excluding carboxylic acids is 1. The lowest BCUT2D eigenvalue weighted by Crippen LogP contribution is -2.29. The van der Waals surface area contributed by atoms with Crippen LogP contribution in [-0.4, -0.2) is 49.0 Å². The van der Waals surface area contributed by atoms with Gasteiger partial charge in [-0.2, -0.15) is 4.98 Å². The summed E-state index contributed by atoms with van der Waals surface area (Å²) >= 11 is 0. The Labute approximate surface area is 175 Å². The topological polar surface area (TPSA) is 89.9 Å². The van der Waals surface area contributed by atoms with Crippen LogP contribution in [0.4, 0.5) is 8.78 Å². The van der Waals surface area contributed by atoms with Crippen molar-refractivity contribution in [1.82, 2.24) is 30.0 Å². The molecule has 8 nitrogen and oxygen atoms in total. The Bertz CT molecular complexity index is 1240. The molecule has 2 aromatic heterocycles. The molecule has 0 N–H and O–H groups in total. The molecule has 1 aliphatic heterocycles. The van der Waals surface area contributed by atoms with E-state index in [0.717, 1.165) is 17.7 Å². The minimum atomic E-state index is -1.04. The highest BCUT2D eigenvalue weighted by Gasteiger charge is 2.29. The molecule has 2 aromatic carbocycles. The van der Waals surface area contributed by atoms with Gasteiger partial charge in [0.25, 0.3) is 11.8 Å². The first-order valence-electron chi connectivity index (χ1n) is 9.64. The van der Waals surface area contributed by atoms with Gasteiger partial charge in [-0.1, -0.05) is 40.7 Å². The molecule has 0 saturated carbocycles. The number of likely N-dealkylation sites (tertiary alicyclic amines) is 1. The van der Waals surface area contributed by atoms with Gasteiger partial charge >= 0.3 is 0 Å². The van der Waals surface area contributed by atoms with Crippen LogP contribution in [0.25, 0.3) is 23.0 Å². The average molecular weight is 422 g/mol. The summed E-state index contributed by atoms with van der Waals surface area (Å²) < 4.78 is 33.5. The third-order valence-electron chi connectivity index (χ3n) is 5.18. The predicted molar refractivity (Wildman–Crippen MR) is 105 cm³/mol. The molecular weight excluding hydrogens is 406 g/mol. The Kier molecular flexibility index (Phi) is 4.73. The molecule has 1 amide bonds. The van der Waals surface area contributed by atoms with Gasteiger partial charge in [0, 0.05) is 24.2 Å². The highest BCUT2D eigenvalue weighted by atomic mass is 19.2. The molecule has 3 heterocycles. The number of aromatic nitrogens is 5. The highest BCUT2D eigenvalue weighted by molar-refractivity contribution is 5.94. The van der Waals surface area contributed by atoms with Crippen LogP contribution in [0.3, 0.4) is 0 Å². The van der Waals surface area contributed by atoms with Crippen molar-refractivity contribution in [2.45, 2.75) is 12.5 Å². The van der Waals surface area contributed by atoms with E-state index in [4.69, 9.17) is 4.52 Å². The highest BCUT2D eigenvalue weighted by Crippen LogP contribution is 2.25. The standard InChI is InChI=1S/C21H16F2N6O2/c22-16-7-6-14(10-17(16)23)21(30)28-9-8-15(11-28)29-12-18(25-27-29)20-24-19(26-31-20)13-4-2-1-3-5-13/h1-7,10,12,15H,8-9,11H2. The van der Waals surface area contributed by atoms with E-state index in [9.17, 15) is 13.6 Å². The van der Waals surface area contributed by atoms with Crippen molar-refractivity contribution in [2.24, 2.45) is 0 Å². The lowest BCUT2D eigenvalue weighted by atomic mass is 10.2. The van der Waals surface area contributed by atoms with Crippen LogP contribution in [0.15, 0.2) is 59.3 Å². The first-order chi connectivity index (χ1) is 15.1. The Morgan fingerprint density at radius 3 is 2.74 bits per heavy atom. The third-order valence-corrected chi connectivity index (χ3v) is 5.18. The summed E-state index contributed by atoms with van der Waals surface area (Å²) in [6.07, 6.45) is 2.34. The van der Waals surface area contributed by atoms with Crippen molar-refractivity contribution in [3.8, 4) is 23.0 Å². The predicted octanol–water partition coefficient (Wildman–Crippen LogP) is 3.36. The van der Waals surface area contributed by atoms with Gasteiger partial charge in [-0.05, 0) is 24.6 Å². The quantitative estimate of drug-likeness (QED) is 0.501. The summed E-state index contributed by atoms with van der Waals surface area (Å²) in [5.74, 6) is -1.68. The lowest BCUT2D eigenvalue weighted by Gasteiger charge is -2.16. The third kappa shape index (κ3) is 3.67. The van der Waals surface area contributed by atoms with Crippen LogP contribution < -0.4 is 0 Å². The molecule has 10 heteroatoms. The van der Waals surface area contributed by atoms with Crippen molar-refractivity contribution in [2.75, 3.05) is 13.1 Å². The molecule has 0 radical (unpaired) electrons. The van der Waals surface area contributed by atoms with Gasteiger partial charge in [-0.25, -0.2) is 13.5 Å². The molecule has 0 spiro atoms. The summed E-state index contributed by atoms with van der Waals surface area (Å²) in [6, 6.07) is 12.5. The lowest BCUT2D eigenvalue weighted by molar-refractivity contribution is 0.0786. The number of hydrogen-bond acceptors (Lipinski definition) is 6. The second-order valence-electron chi connectivity index (χ2n) is 7.20. The fourth-order valence-electron chi connectivity index (χ4n) is 3.54. The van der Waals surface area contributed by atoms with Gasteiger partial charge in [0.1, 0.15) is 0 Å². The van der Waals surface area contributed by atoms with Crippen LogP contribution >= 0.6 is 0 Å². The second kappa shape index (κ2) is 7.71. The van der Waals surface area contributed by atoms with Crippen molar-refractivity contribution in [3.05, 3.63) is 71.9 Å². The number of benzene rings is 2. The Balaban J connectivity index is 1.29. The zero-order valence-electron chi connectivity index (χ0n) is 16.2. The molecule has 156 valence electrons. The van der Waals surface area contributed by atoms with Crippen molar-refractivity contribution >= 4 is 5.91 Å². The van der Waals surface area contributed by atoms with Gasteiger partial charge in [-0.3, -0.25) is 4.79 Å². The molecule has 4 aromatic rings. The van der Waals surface area contributed by atoms with E-state index in [1.807, 2.05) is 30.3 Å². The van der Waals surface area contributed by atoms with E-state index in [0.29, 0.717) is 31.0 Å². The summed E-state index contributed by atoms with van der Waals surface area (Å²) in [4.78, 5) is 18.6. The number of halogens is 2. The van der Waals surface area contributed by atoms with Crippen LogP contribution in [-0.2, 0) is 0 Å². The Morgan fingerprint density at radius 1 is 1.10 bits per heavy atom.